The Kier molecular flexibility index (Phi) is 8.53. The second-order valence-electron chi connectivity index (χ2n) is 6.53. The van der Waals surface area contributed by atoms with Crippen LogP contribution in [0.25, 0.3) is 0 Å². The van der Waals surface area contributed by atoms with Crippen LogP contribution in [0.15, 0.2) is 36.4 Å². The van der Waals surface area contributed by atoms with Crippen molar-refractivity contribution in [2.45, 2.75) is 19.1 Å². The number of carbonyl (C=O) groups is 2. The number of halogens is 5. The van der Waals surface area contributed by atoms with Crippen molar-refractivity contribution in [3.05, 3.63) is 53.1 Å². The number of nitrogens with one attached hydrogen (secondary N) is 2. The van der Waals surface area contributed by atoms with Crippen molar-refractivity contribution < 1.29 is 22.8 Å². The lowest BCUT2D eigenvalue weighted by molar-refractivity contribution is -0.137. The highest BCUT2D eigenvalue weighted by Crippen LogP contribution is 2.33. The zero-order valence-corrected chi connectivity index (χ0v) is 17.5. The average Bonchev–Trinajstić information content (AvgIpc) is 2.78. The Balaban J connectivity index is 0.00000225. The molecule has 164 valence electrons. The van der Waals surface area contributed by atoms with E-state index in [1.807, 2.05) is 11.9 Å². The van der Waals surface area contributed by atoms with Crippen LogP contribution in [-0.4, -0.2) is 25.4 Å². The molecule has 1 heterocycles. The van der Waals surface area contributed by atoms with Gasteiger partial charge in [0.2, 0.25) is 5.91 Å². The van der Waals surface area contributed by atoms with Crippen LogP contribution in [0.4, 0.5) is 30.2 Å². The Morgan fingerprint density at radius 1 is 1.20 bits per heavy atom. The van der Waals surface area contributed by atoms with Crippen molar-refractivity contribution >= 4 is 53.7 Å². The SMILES string of the molecule is CN1CCC(=O)Nc2cc(C(=O)Nc3cc(CN)cc(C(F)(F)F)c3)ccc21.Cl.Cl. The van der Waals surface area contributed by atoms with Gasteiger partial charge in [-0.15, -0.1) is 24.8 Å². The molecule has 30 heavy (non-hydrogen) atoms. The maximum atomic E-state index is 13.0. The van der Waals surface area contributed by atoms with Gasteiger partial charge < -0.3 is 21.3 Å². The normalized spacial score (nSPS) is 13.2. The number of hydrogen-bond acceptors (Lipinski definition) is 4. The van der Waals surface area contributed by atoms with Gasteiger partial charge in [-0.25, -0.2) is 0 Å². The van der Waals surface area contributed by atoms with Gasteiger partial charge in [-0.05, 0) is 42.0 Å². The fourth-order valence-corrected chi connectivity index (χ4v) is 2.96. The number of carbonyl (C=O) groups excluding carboxylic acids is 2. The summed E-state index contributed by atoms with van der Waals surface area (Å²) < 4.78 is 39.1. The summed E-state index contributed by atoms with van der Waals surface area (Å²) in [7, 11) is 1.83. The number of nitrogens with two attached hydrogens (primary N) is 1. The lowest BCUT2D eigenvalue weighted by Gasteiger charge is -2.19. The highest BCUT2D eigenvalue weighted by Gasteiger charge is 2.31. The van der Waals surface area contributed by atoms with Gasteiger partial charge in [0.25, 0.3) is 5.91 Å². The molecule has 0 spiro atoms. The molecule has 2 aromatic carbocycles. The lowest BCUT2D eigenvalue weighted by atomic mass is 10.1. The largest absolute Gasteiger partial charge is 0.416 e. The van der Waals surface area contributed by atoms with E-state index in [0.29, 0.717) is 18.7 Å². The first kappa shape index (κ1) is 25.5. The first-order chi connectivity index (χ1) is 13.2. The molecule has 0 unspecified atom stereocenters. The number of benzene rings is 2. The molecule has 2 amide bonds. The van der Waals surface area contributed by atoms with Gasteiger partial charge in [0.05, 0.1) is 16.9 Å². The van der Waals surface area contributed by atoms with Crippen LogP contribution in [0.2, 0.25) is 0 Å². The van der Waals surface area contributed by atoms with Gasteiger partial charge in [-0.3, -0.25) is 9.59 Å². The minimum Gasteiger partial charge on any atom is -0.372 e. The molecule has 4 N–H and O–H groups in total. The zero-order valence-electron chi connectivity index (χ0n) is 15.9. The third-order valence-corrected chi connectivity index (χ3v) is 4.43. The van der Waals surface area contributed by atoms with Crippen molar-refractivity contribution in [2.24, 2.45) is 5.73 Å². The molecule has 6 nitrogen and oxygen atoms in total. The quantitative estimate of drug-likeness (QED) is 0.639. The van der Waals surface area contributed by atoms with Crippen LogP contribution >= 0.6 is 24.8 Å². The predicted molar refractivity (Wildman–Crippen MR) is 115 cm³/mol. The number of anilines is 3. The molecule has 0 bridgehead atoms. The summed E-state index contributed by atoms with van der Waals surface area (Å²) in [6, 6.07) is 7.94. The van der Waals surface area contributed by atoms with Crippen LogP contribution in [0.5, 0.6) is 0 Å². The topological polar surface area (TPSA) is 87.5 Å². The van der Waals surface area contributed by atoms with E-state index in [1.54, 1.807) is 12.1 Å². The van der Waals surface area contributed by atoms with Crippen LogP contribution in [0.3, 0.4) is 0 Å². The highest BCUT2D eigenvalue weighted by molar-refractivity contribution is 6.06. The van der Waals surface area contributed by atoms with E-state index in [4.69, 9.17) is 5.73 Å². The molecule has 0 radical (unpaired) electrons. The zero-order chi connectivity index (χ0) is 20.5. The van der Waals surface area contributed by atoms with Crippen molar-refractivity contribution in [2.75, 3.05) is 29.1 Å². The fraction of sp³-hybridized carbons (Fsp3) is 0.263. The van der Waals surface area contributed by atoms with Crippen LogP contribution in [0, 0.1) is 0 Å². The summed E-state index contributed by atoms with van der Waals surface area (Å²) >= 11 is 0. The molecule has 1 aliphatic rings. The summed E-state index contributed by atoms with van der Waals surface area (Å²) in [5.74, 6) is -0.764. The van der Waals surface area contributed by atoms with E-state index >= 15 is 0 Å². The van der Waals surface area contributed by atoms with Gasteiger partial charge in [0.1, 0.15) is 0 Å². The monoisotopic (exact) mass is 464 g/mol. The molecule has 0 saturated heterocycles. The number of hydrogen-bond donors (Lipinski definition) is 3. The number of rotatable bonds is 3. The maximum absolute atomic E-state index is 13.0. The third kappa shape index (κ3) is 5.78. The molecule has 0 saturated carbocycles. The fourth-order valence-electron chi connectivity index (χ4n) is 2.96. The van der Waals surface area contributed by atoms with Gasteiger partial charge in [0.15, 0.2) is 0 Å². The number of fused-ring (bicyclic) bond motifs is 1. The smallest absolute Gasteiger partial charge is 0.372 e. The van der Waals surface area contributed by atoms with E-state index < -0.39 is 17.6 Å². The molecule has 0 atom stereocenters. The Hall–Kier alpha value is -2.49. The molecular formula is C19H21Cl2F3N4O2. The molecule has 1 aliphatic heterocycles. The summed E-state index contributed by atoms with van der Waals surface area (Å²) in [6.07, 6.45) is -4.23. The second kappa shape index (κ2) is 10.0. The molecule has 2 aromatic rings. The number of amides is 2. The van der Waals surface area contributed by atoms with Gasteiger partial charge in [-0.2, -0.15) is 13.2 Å². The third-order valence-electron chi connectivity index (χ3n) is 4.43. The average molecular weight is 465 g/mol. The first-order valence-corrected chi connectivity index (χ1v) is 8.55. The van der Waals surface area contributed by atoms with Crippen LogP contribution in [0.1, 0.15) is 27.9 Å². The van der Waals surface area contributed by atoms with E-state index in [9.17, 15) is 22.8 Å². The summed E-state index contributed by atoms with van der Waals surface area (Å²) in [4.78, 5) is 26.3. The maximum Gasteiger partial charge on any atom is 0.416 e. The minimum absolute atomic E-state index is 0. The number of alkyl halides is 3. The second-order valence-corrected chi connectivity index (χ2v) is 6.53. The Morgan fingerprint density at radius 2 is 1.90 bits per heavy atom. The van der Waals surface area contributed by atoms with Gasteiger partial charge in [-0.1, -0.05) is 0 Å². The summed E-state index contributed by atoms with van der Waals surface area (Å²) in [5, 5.41) is 5.20. The number of nitrogens with zero attached hydrogens (tertiary/aromatic N) is 1. The van der Waals surface area contributed by atoms with Crippen molar-refractivity contribution in [3.63, 3.8) is 0 Å². The van der Waals surface area contributed by atoms with E-state index in [0.717, 1.165) is 17.8 Å². The molecule has 0 aliphatic carbocycles. The van der Waals surface area contributed by atoms with Gasteiger partial charge >= 0.3 is 6.18 Å². The molecule has 0 aromatic heterocycles. The minimum atomic E-state index is -4.55. The van der Waals surface area contributed by atoms with Gasteiger partial charge in [0, 0.05) is 37.8 Å². The highest BCUT2D eigenvalue weighted by atomic mass is 35.5. The van der Waals surface area contributed by atoms with Crippen molar-refractivity contribution in [1.29, 1.82) is 0 Å². The molecule has 11 heteroatoms. The van der Waals surface area contributed by atoms with E-state index in [2.05, 4.69) is 10.6 Å². The van der Waals surface area contributed by atoms with Crippen molar-refractivity contribution in [3.8, 4) is 0 Å². The van der Waals surface area contributed by atoms with Crippen LogP contribution < -0.4 is 21.3 Å². The van der Waals surface area contributed by atoms with E-state index in [-0.39, 0.29) is 54.1 Å². The molecule has 3 rings (SSSR count). The Bertz CT molecular complexity index is 938. The van der Waals surface area contributed by atoms with Crippen molar-refractivity contribution in [1.82, 2.24) is 0 Å². The standard InChI is InChI=1S/C19H19F3N4O2.2ClH/c1-26-5-4-17(27)25-15-8-12(2-3-16(15)26)18(28)24-14-7-11(10-23)6-13(9-14)19(20,21)22;;/h2-3,6-9H,4-5,10,23H2,1H3,(H,24,28)(H,25,27);2*1H. The summed E-state index contributed by atoms with van der Waals surface area (Å²) in [6.45, 7) is 0.445. The Labute approximate surface area is 183 Å². The van der Waals surface area contributed by atoms with Crippen LogP contribution in [-0.2, 0) is 17.5 Å². The molecule has 0 fully saturated rings. The lowest BCUT2D eigenvalue weighted by Crippen LogP contribution is -2.18. The Morgan fingerprint density at radius 3 is 2.53 bits per heavy atom. The first-order valence-electron chi connectivity index (χ1n) is 8.55. The molecular weight excluding hydrogens is 444 g/mol. The predicted octanol–water partition coefficient (Wildman–Crippen LogP) is 4.04. The summed E-state index contributed by atoms with van der Waals surface area (Å²) in [5.41, 5.74) is 6.27. The van der Waals surface area contributed by atoms with E-state index in [1.165, 1.54) is 12.1 Å².